The Hall–Kier alpha value is -3.04. The van der Waals surface area contributed by atoms with Crippen molar-refractivity contribution in [3.05, 3.63) is 78.4 Å². The SMILES string of the molecule is C=CCO[C@@H]1O[C@@H](C)[C@H](OCc2ccccc2)[C@@H](OCc2ccc(OC)cc2)[C@H]1OC(=O)CCC(C)=O. The van der Waals surface area contributed by atoms with E-state index in [2.05, 4.69) is 6.58 Å². The summed E-state index contributed by atoms with van der Waals surface area (Å²) in [5.41, 5.74) is 1.90. The zero-order valence-electron chi connectivity index (χ0n) is 21.7. The van der Waals surface area contributed by atoms with Gasteiger partial charge in [0.15, 0.2) is 12.4 Å². The van der Waals surface area contributed by atoms with Crippen molar-refractivity contribution in [1.82, 2.24) is 0 Å². The predicted molar refractivity (Wildman–Crippen MR) is 137 cm³/mol. The molecule has 1 aliphatic heterocycles. The summed E-state index contributed by atoms with van der Waals surface area (Å²) in [5, 5.41) is 0. The van der Waals surface area contributed by atoms with Crippen LogP contribution in [0.15, 0.2) is 67.3 Å². The molecular weight excluding hydrogens is 476 g/mol. The van der Waals surface area contributed by atoms with Gasteiger partial charge in [-0.05, 0) is 37.1 Å². The molecule has 200 valence electrons. The van der Waals surface area contributed by atoms with Crippen LogP contribution in [-0.4, -0.2) is 56.2 Å². The van der Waals surface area contributed by atoms with Crippen LogP contribution in [0, 0.1) is 0 Å². The quantitative estimate of drug-likeness (QED) is 0.272. The second-order valence-electron chi connectivity index (χ2n) is 8.87. The monoisotopic (exact) mass is 512 g/mol. The summed E-state index contributed by atoms with van der Waals surface area (Å²) in [5.74, 6) is 0.106. The van der Waals surface area contributed by atoms with E-state index in [0.29, 0.717) is 6.61 Å². The minimum Gasteiger partial charge on any atom is -0.497 e. The number of rotatable bonds is 14. The molecule has 5 atom stereocenters. The summed E-state index contributed by atoms with van der Waals surface area (Å²) < 4.78 is 35.6. The number of esters is 1. The largest absolute Gasteiger partial charge is 0.497 e. The predicted octanol–water partition coefficient (Wildman–Crippen LogP) is 4.39. The number of ketones is 1. The van der Waals surface area contributed by atoms with Gasteiger partial charge in [-0.2, -0.15) is 0 Å². The first-order chi connectivity index (χ1) is 17.9. The molecule has 0 N–H and O–H groups in total. The van der Waals surface area contributed by atoms with Gasteiger partial charge in [0, 0.05) is 6.42 Å². The van der Waals surface area contributed by atoms with Gasteiger partial charge in [-0.1, -0.05) is 48.5 Å². The highest BCUT2D eigenvalue weighted by Gasteiger charge is 2.48. The van der Waals surface area contributed by atoms with Crippen molar-refractivity contribution in [3.63, 3.8) is 0 Å². The molecule has 2 aromatic carbocycles. The Kier molecular flexibility index (Phi) is 11.3. The van der Waals surface area contributed by atoms with Crippen molar-refractivity contribution in [2.45, 2.75) is 70.6 Å². The molecule has 0 bridgehead atoms. The summed E-state index contributed by atoms with van der Waals surface area (Å²) in [4.78, 5) is 24.1. The highest BCUT2D eigenvalue weighted by atomic mass is 16.7. The second-order valence-corrected chi connectivity index (χ2v) is 8.87. The Morgan fingerprint density at radius 3 is 2.16 bits per heavy atom. The van der Waals surface area contributed by atoms with Gasteiger partial charge in [0.25, 0.3) is 0 Å². The molecular formula is C29H36O8. The first kappa shape index (κ1) is 28.5. The van der Waals surface area contributed by atoms with E-state index in [1.165, 1.54) is 6.92 Å². The minimum atomic E-state index is -0.922. The first-order valence-electron chi connectivity index (χ1n) is 12.4. The molecule has 0 aliphatic carbocycles. The van der Waals surface area contributed by atoms with Crippen LogP contribution in [0.2, 0.25) is 0 Å². The lowest BCUT2D eigenvalue weighted by atomic mass is 9.98. The number of methoxy groups -OCH3 is 1. The number of carbonyl (C=O) groups is 2. The summed E-state index contributed by atoms with van der Waals surface area (Å²) in [6, 6.07) is 17.3. The first-order valence-corrected chi connectivity index (χ1v) is 12.4. The molecule has 0 saturated carbocycles. The zero-order chi connectivity index (χ0) is 26.6. The fourth-order valence-electron chi connectivity index (χ4n) is 3.98. The molecule has 0 spiro atoms. The average molecular weight is 513 g/mol. The molecule has 0 unspecified atom stereocenters. The van der Waals surface area contributed by atoms with E-state index in [1.807, 2.05) is 61.5 Å². The van der Waals surface area contributed by atoms with Gasteiger partial charge in [0.05, 0.1) is 39.5 Å². The molecule has 0 aromatic heterocycles. The highest BCUT2D eigenvalue weighted by molar-refractivity contribution is 5.81. The van der Waals surface area contributed by atoms with Crippen LogP contribution < -0.4 is 4.74 Å². The maximum absolute atomic E-state index is 12.7. The Balaban J connectivity index is 1.84. The lowest BCUT2D eigenvalue weighted by Crippen LogP contribution is -2.60. The molecule has 8 heteroatoms. The highest BCUT2D eigenvalue weighted by Crippen LogP contribution is 2.31. The fourth-order valence-corrected chi connectivity index (χ4v) is 3.98. The Bertz CT molecular complexity index is 991. The minimum absolute atomic E-state index is 0.0453. The van der Waals surface area contributed by atoms with Crippen molar-refractivity contribution in [2.75, 3.05) is 13.7 Å². The Labute approximate surface area is 218 Å². The van der Waals surface area contributed by atoms with E-state index in [0.717, 1.165) is 16.9 Å². The third-order valence-electron chi connectivity index (χ3n) is 5.94. The van der Waals surface area contributed by atoms with Gasteiger partial charge in [0.1, 0.15) is 23.7 Å². The Morgan fingerprint density at radius 1 is 0.892 bits per heavy atom. The maximum atomic E-state index is 12.7. The van der Waals surface area contributed by atoms with Gasteiger partial charge < -0.3 is 33.2 Å². The molecule has 8 nitrogen and oxygen atoms in total. The van der Waals surface area contributed by atoms with E-state index in [9.17, 15) is 9.59 Å². The Morgan fingerprint density at radius 2 is 1.54 bits per heavy atom. The van der Waals surface area contributed by atoms with Crippen LogP contribution in [0.25, 0.3) is 0 Å². The summed E-state index contributed by atoms with van der Waals surface area (Å²) in [7, 11) is 1.61. The van der Waals surface area contributed by atoms with Crippen LogP contribution in [0.1, 0.15) is 37.8 Å². The molecule has 1 heterocycles. The third-order valence-corrected chi connectivity index (χ3v) is 5.94. The van der Waals surface area contributed by atoms with Crippen LogP contribution in [-0.2, 0) is 46.5 Å². The molecule has 1 aliphatic rings. The van der Waals surface area contributed by atoms with E-state index in [-0.39, 0.29) is 31.8 Å². The molecule has 37 heavy (non-hydrogen) atoms. The number of ether oxygens (including phenoxy) is 6. The maximum Gasteiger partial charge on any atom is 0.306 e. The number of Topliss-reactive ketones (excluding diaryl/α,β-unsaturated/α-hetero) is 1. The van der Waals surface area contributed by atoms with Crippen molar-refractivity contribution >= 4 is 11.8 Å². The number of hydrogen-bond acceptors (Lipinski definition) is 8. The van der Waals surface area contributed by atoms with Crippen molar-refractivity contribution in [3.8, 4) is 5.75 Å². The third kappa shape index (κ3) is 8.79. The number of carbonyl (C=O) groups excluding carboxylic acids is 2. The molecule has 2 aromatic rings. The molecule has 1 saturated heterocycles. The van der Waals surface area contributed by atoms with Gasteiger partial charge in [-0.15, -0.1) is 6.58 Å². The zero-order valence-corrected chi connectivity index (χ0v) is 21.7. The van der Waals surface area contributed by atoms with Gasteiger partial charge >= 0.3 is 5.97 Å². The van der Waals surface area contributed by atoms with Crippen LogP contribution >= 0.6 is 0 Å². The summed E-state index contributed by atoms with van der Waals surface area (Å²) in [6.07, 6.45) is -1.87. The van der Waals surface area contributed by atoms with E-state index in [4.69, 9.17) is 28.4 Å². The van der Waals surface area contributed by atoms with Crippen molar-refractivity contribution in [1.29, 1.82) is 0 Å². The van der Waals surface area contributed by atoms with Crippen molar-refractivity contribution in [2.24, 2.45) is 0 Å². The summed E-state index contributed by atoms with van der Waals surface area (Å²) in [6.45, 7) is 7.76. The second kappa shape index (κ2) is 14.6. The van der Waals surface area contributed by atoms with Gasteiger partial charge in [-0.25, -0.2) is 0 Å². The van der Waals surface area contributed by atoms with Crippen molar-refractivity contribution < 1.29 is 38.0 Å². The summed E-state index contributed by atoms with van der Waals surface area (Å²) >= 11 is 0. The lowest BCUT2D eigenvalue weighted by Gasteiger charge is -2.44. The standard InChI is InChI=1S/C29H36O8/c1-5-17-33-29-28(37-25(31)16-11-20(2)30)27(35-19-23-12-14-24(32-4)15-13-23)26(21(3)36-29)34-18-22-9-7-6-8-10-22/h5-10,12-15,21,26-29H,1,11,16-19H2,2-4H3/t21-,26-,27+,28+,29+/m0/s1. The van der Waals surface area contributed by atoms with Gasteiger partial charge in [0.2, 0.25) is 0 Å². The molecule has 1 fully saturated rings. The van der Waals surface area contributed by atoms with Crippen LogP contribution in [0.5, 0.6) is 5.75 Å². The molecule has 0 amide bonds. The molecule has 0 radical (unpaired) electrons. The number of hydrogen-bond donors (Lipinski definition) is 0. The van der Waals surface area contributed by atoms with Crippen LogP contribution in [0.4, 0.5) is 0 Å². The average Bonchev–Trinajstić information content (AvgIpc) is 2.91. The van der Waals surface area contributed by atoms with E-state index < -0.39 is 36.7 Å². The topological polar surface area (TPSA) is 89.5 Å². The lowest BCUT2D eigenvalue weighted by molar-refractivity contribution is -0.310. The normalized spacial score (nSPS) is 23.3. The fraction of sp³-hybridized carbons (Fsp3) is 0.448. The van der Waals surface area contributed by atoms with E-state index >= 15 is 0 Å². The van der Waals surface area contributed by atoms with Crippen LogP contribution in [0.3, 0.4) is 0 Å². The molecule has 3 rings (SSSR count). The number of benzene rings is 2. The smallest absolute Gasteiger partial charge is 0.306 e. The van der Waals surface area contributed by atoms with Gasteiger partial charge in [-0.3, -0.25) is 4.79 Å². The van der Waals surface area contributed by atoms with E-state index in [1.54, 1.807) is 13.2 Å².